The van der Waals surface area contributed by atoms with Crippen LogP contribution in [0.5, 0.6) is 0 Å². The fourth-order valence-electron chi connectivity index (χ4n) is 1.14. The summed E-state index contributed by atoms with van der Waals surface area (Å²) in [6.07, 6.45) is 0. The van der Waals surface area contributed by atoms with Crippen LogP contribution in [-0.4, -0.2) is 16.7 Å². The van der Waals surface area contributed by atoms with Crippen LogP contribution in [0, 0.1) is 5.92 Å². The molecule has 0 heterocycles. The molecule has 0 fully saturated rings. The summed E-state index contributed by atoms with van der Waals surface area (Å²) in [4.78, 5) is 11.6. The van der Waals surface area contributed by atoms with Crippen LogP contribution in [0.4, 0.5) is 0 Å². The monoisotopic (exact) mass is 222 g/mol. The highest BCUT2D eigenvalue weighted by Gasteiger charge is 2.30. The fraction of sp³-hybridized carbons (Fsp3) is 0.462. The Balaban J connectivity index is 2.48. The Morgan fingerprint density at radius 3 is 2.44 bits per heavy atom. The number of ether oxygens (including phenoxy) is 1. The Morgan fingerprint density at radius 1 is 1.38 bits per heavy atom. The zero-order chi connectivity index (χ0) is 12.2. The predicted octanol–water partition coefficient (Wildman–Crippen LogP) is 2.14. The number of carbonyl (C=O) groups is 1. The molecule has 0 saturated carbocycles. The third-order valence-corrected chi connectivity index (χ3v) is 2.64. The van der Waals surface area contributed by atoms with Crippen LogP contribution < -0.4 is 0 Å². The van der Waals surface area contributed by atoms with E-state index < -0.39 is 11.5 Å². The van der Waals surface area contributed by atoms with E-state index in [1.165, 1.54) is 0 Å². The van der Waals surface area contributed by atoms with Gasteiger partial charge in [0.1, 0.15) is 6.61 Å². The molecule has 1 rings (SSSR count). The normalized spacial score (nSPS) is 13.2. The molecule has 0 bridgehead atoms. The Bertz CT molecular complexity index is 338. The first-order chi connectivity index (χ1) is 7.41. The standard InChI is InChI=1S/C13H18O3/c1-10(13(2,3)15)12(14)16-9-11-7-5-4-6-8-11/h4-8,10,15H,9H2,1-3H3. The van der Waals surface area contributed by atoms with Crippen molar-refractivity contribution in [1.82, 2.24) is 0 Å². The molecule has 1 N–H and O–H groups in total. The number of aliphatic hydroxyl groups is 1. The van der Waals surface area contributed by atoms with Gasteiger partial charge in [-0.05, 0) is 26.3 Å². The lowest BCUT2D eigenvalue weighted by Crippen LogP contribution is -2.35. The minimum Gasteiger partial charge on any atom is -0.461 e. The average molecular weight is 222 g/mol. The summed E-state index contributed by atoms with van der Waals surface area (Å²) in [6.45, 7) is 5.11. The number of esters is 1. The summed E-state index contributed by atoms with van der Waals surface area (Å²) >= 11 is 0. The lowest BCUT2D eigenvalue weighted by Gasteiger charge is -2.23. The summed E-state index contributed by atoms with van der Waals surface area (Å²) < 4.78 is 5.12. The minimum atomic E-state index is -1.05. The van der Waals surface area contributed by atoms with Crippen molar-refractivity contribution in [2.24, 2.45) is 5.92 Å². The fourth-order valence-corrected chi connectivity index (χ4v) is 1.14. The van der Waals surface area contributed by atoms with E-state index in [1.807, 2.05) is 30.3 Å². The third-order valence-electron chi connectivity index (χ3n) is 2.64. The first kappa shape index (κ1) is 12.7. The molecule has 1 atom stereocenters. The molecule has 1 aromatic carbocycles. The maximum Gasteiger partial charge on any atom is 0.311 e. The second kappa shape index (κ2) is 5.12. The molecular weight excluding hydrogens is 204 g/mol. The smallest absolute Gasteiger partial charge is 0.311 e. The quantitative estimate of drug-likeness (QED) is 0.794. The van der Waals surface area contributed by atoms with E-state index in [-0.39, 0.29) is 12.6 Å². The minimum absolute atomic E-state index is 0.250. The number of benzene rings is 1. The summed E-state index contributed by atoms with van der Waals surface area (Å²) in [5.74, 6) is -0.910. The Kier molecular flexibility index (Phi) is 4.07. The van der Waals surface area contributed by atoms with E-state index in [0.717, 1.165) is 5.56 Å². The zero-order valence-corrected chi connectivity index (χ0v) is 9.93. The summed E-state index contributed by atoms with van der Waals surface area (Å²) in [7, 11) is 0. The van der Waals surface area contributed by atoms with Crippen LogP contribution in [0.1, 0.15) is 26.3 Å². The van der Waals surface area contributed by atoms with Gasteiger partial charge in [-0.3, -0.25) is 4.79 Å². The van der Waals surface area contributed by atoms with E-state index in [0.29, 0.717) is 0 Å². The van der Waals surface area contributed by atoms with Crippen molar-refractivity contribution in [2.75, 3.05) is 0 Å². The van der Waals surface area contributed by atoms with Crippen LogP contribution in [0.25, 0.3) is 0 Å². The van der Waals surface area contributed by atoms with Gasteiger partial charge < -0.3 is 9.84 Å². The van der Waals surface area contributed by atoms with E-state index >= 15 is 0 Å². The van der Waals surface area contributed by atoms with Gasteiger partial charge in [0.2, 0.25) is 0 Å². The molecule has 0 aliphatic rings. The average Bonchev–Trinajstić information content (AvgIpc) is 2.25. The van der Waals surface area contributed by atoms with Crippen molar-refractivity contribution >= 4 is 5.97 Å². The van der Waals surface area contributed by atoms with Gasteiger partial charge in [0, 0.05) is 0 Å². The molecule has 0 amide bonds. The van der Waals surface area contributed by atoms with Gasteiger partial charge in [0.15, 0.2) is 0 Å². The van der Waals surface area contributed by atoms with E-state index in [9.17, 15) is 9.90 Å². The largest absolute Gasteiger partial charge is 0.461 e. The SMILES string of the molecule is CC(C(=O)OCc1ccccc1)C(C)(C)O. The molecule has 16 heavy (non-hydrogen) atoms. The van der Waals surface area contributed by atoms with Gasteiger partial charge in [0.25, 0.3) is 0 Å². The molecule has 0 aliphatic carbocycles. The number of carbonyl (C=O) groups excluding carboxylic acids is 1. The van der Waals surface area contributed by atoms with Crippen molar-refractivity contribution in [2.45, 2.75) is 33.0 Å². The van der Waals surface area contributed by atoms with Crippen molar-refractivity contribution in [3.63, 3.8) is 0 Å². The summed E-state index contributed by atoms with van der Waals surface area (Å²) in [5, 5.41) is 9.65. The number of hydrogen-bond acceptors (Lipinski definition) is 3. The second-order valence-electron chi connectivity index (χ2n) is 4.47. The van der Waals surface area contributed by atoms with E-state index in [2.05, 4.69) is 0 Å². The van der Waals surface area contributed by atoms with Crippen LogP contribution in [-0.2, 0) is 16.1 Å². The second-order valence-corrected chi connectivity index (χ2v) is 4.47. The molecule has 3 nitrogen and oxygen atoms in total. The van der Waals surface area contributed by atoms with Gasteiger partial charge in [0.05, 0.1) is 11.5 Å². The third kappa shape index (κ3) is 3.66. The maximum atomic E-state index is 11.6. The summed E-state index contributed by atoms with van der Waals surface area (Å²) in [6, 6.07) is 9.47. The van der Waals surface area contributed by atoms with E-state index in [1.54, 1.807) is 20.8 Å². The van der Waals surface area contributed by atoms with Gasteiger partial charge in [-0.1, -0.05) is 30.3 Å². The molecule has 0 aromatic heterocycles. The van der Waals surface area contributed by atoms with Gasteiger partial charge in [-0.15, -0.1) is 0 Å². The molecule has 0 aliphatic heterocycles. The topological polar surface area (TPSA) is 46.5 Å². The van der Waals surface area contributed by atoms with Crippen LogP contribution in [0.2, 0.25) is 0 Å². The van der Waals surface area contributed by atoms with E-state index in [4.69, 9.17) is 4.74 Å². The van der Waals surface area contributed by atoms with Crippen molar-refractivity contribution < 1.29 is 14.6 Å². The molecule has 1 aromatic rings. The lowest BCUT2D eigenvalue weighted by molar-refractivity contribution is -0.156. The zero-order valence-electron chi connectivity index (χ0n) is 9.93. The summed E-state index contributed by atoms with van der Waals surface area (Å²) in [5.41, 5.74) is -0.105. The van der Waals surface area contributed by atoms with Gasteiger partial charge >= 0.3 is 5.97 Å². The Morgan fingerprint density at radius 2 is 1.94 bits per heavy atom. The Labute approximate surface area is 96.1 Å². The molecule has 1 unspecified atom stereocenters. The highest BCUT2D eigenvalue weighted by Crippen LogP contribution is 2.17. The molecule has 0 radical (unpaired) electrons. The predicted molar refractivity (Wildman–Crippen MR) is 61.7 cm³/mol. The van der Waals surface area contributed by atoms with Crippen LogP contribution in [0.15, 0.2) is 30.3 Å². The van der Waals surface area contributed by atoms with Crippen molar-refractivity contribution in [1.29, 1.82) is 0 Å². The maximum absolute atomic E-state index is 11.6. The molecule has 88 valence electrons. The highest BCUT2D eigenvalue weighted by atomic mass is 16.5. The first-order valence-electron chi connectivity index (χ1n) is 5.34. The number of rotatable bonds is 4. The van der Waals surface area contributed by atoms with Crippen molar-refractivity contribution in [3.8, 4) is 0 Å². The van der Waals surface area contributed by atoms with Gasteiger partial charge in [-0.2, -0.15) is 0 Å². The highest BCUT2D eigenvalue weighted by molar-refractivity contribution is 5.73. The lowest BCUT2D eigenvalue weighted by atomic mass is 9.93. The Hall–Kier alpha value is -1.35. The van der Waals surface area contributed by atoms with Crippen LogP contribution >= 0.6 is 0 Å². The number of hydrogen-bond donors (Lipinski definition) is 1. The van der Waals surface area contributed by atoms with Crippen LogP contribution in [0.3, 0.4) is 0 Å². The molecular formula is C13H18O3. The van der Waals surface area contributed by atoms with Gasteiger partial charge in [-0.25, -0.2) is 0 Å². The van der Waals surface area contributed by atoms with Crippen molar-refractivity contribution in [3.05, 3.63) is 35.9 Å². The first-order valence-corrected chi connectivity index (χ1v) is 5.34. The molecule has 0 saturated heterocycles. The molecule has 3 heteroatoms. The molecule has 0 spiro atoms.